The molecule has 1 amide bonds. The number of nitrogens with zero attached hydrogens (tertiary/aromatic N) is 2. The molecule has 1 aromatic carbocycles. The van der Waals surface area contributed by atoms with Crippen molar-refractivity contribution in [3.63, 3.8) is 0 Å². The minimum absolute atomic E-state index is 0.0558. The second-order valence-corrected chi connectivity index (χ2v) is 7.53. The highest BCUT2D eigenvalue weighted by atomic mass is 35.5. The van der Waals surface area contributed by atoms with E-state index in [0.29, 0.717) is 19.9 Å². The molecule has 5 nitrogen and oxygen atoms in total. The van der Waals surface area contributed by atoms with Gasteiger partial charge in [-0.1, -0.05) is 53.8 Å². The molecule has 1 aliphatic rings. The number of carbonyl (C=O) groups excluding carboxylic acids is 1. The van der Waals surface area contributed by atoms with Gasteiger partial charge in [0.25, 0.3) is 5.91 Å². The summed E-state index contributed by atoms with van der Waals surface area (Å²) in [7, 11) is 0. The predicted octanol–water partition coefficient (Wildman–Crippen LogP) is 3.87. The van der Waals surface area contributed by atoms with Crippen LogP contribution in [0, 0.1) is 6.92 Å². The van der Waals surface area contributed by atoms with Crippen LogP contribution in [0.2, 0.25) is 5.15 Å². The standard InChI is InChI=1S/C17H13ClN2O3S2/c1-9-3-2-4-10-7-11(15(18)19-14(9)10)8-12-16(23)20(17(24)25-12)6-5-13(21)22/h2-4,7-8H,5-6H2,1H3,(H,21,22)/b12-8-. The smallest absolute Gasteiger partial charge is 0.305 e. The summed E-state index contributed by atoms with van der Waals surface area (Å²) in [6.45, 7) is 2.01. The summed E-state index contributed by atoms with van der Waals surface area (Å²) < 4.78 is 0.346. The number of aromatic nitrogens is 1. The fourth-order valence-corrected chi connectivity index (χ4v) is 3.98. The molecule has 3 rings (SSSR count). The number of hydrogen-bond acceptors (Lipinski definition) is 5. The maximum Gasteiger partial charge on any atom is 0.305 e. The number of para-hydroxylation sites is 1. The fourth-order valence-electron chi connectivity index (χ4n) is 2.48. The number of halogens is 1. The maximum atomic E-state index is 12.5. The van der Waals surface area contributed by atoms with E-state index < -0.39 is 5.97 Å². The van der Waals surface area contributed by atoms with E-state index in [9.17, 15) is 9.59 Å². The van der Waals surface area contributed by atoms with E-state index >= 15 is 0 Å². The van der Waals surface area contributed by atoms with Gasteiger partial charge in [0.05, 0.1) is 16.8 Å². The summed E-state index contributed by atoms with van der Waals surface area (Å²) in [5.74, 6) is -1.29. The van der Waals surface area contributed by atoms with Gasteiger partial charge < -0.3 is 5.11 Å². The zero-order chi connectivity index (χ0) is 18.1. The van der Waals surface area contributed by atoms with E-state index in [1.54, 1.807) is 6.08 Å². The number of carboxylic acids is 1. The Kier molecular flexibility index (Phi) is 5.08. The summed E-state index contributed by atoms with van der Waals surface area (Å²) in [4.78, 5) is 29.3. The van der Waals surface area contributed by atoms with Gasteiger partial charge >= 0.3 is 5.97 Å². The number of amides is 1. The first kappa shape index (κ1) is 17.8. The van der Waals surface area contributed by atoms with Crippen molar-refractivity contribution >= 4 is 68.8 Å². The second-order valence-electron chi connectivity index (χ2n) is 5.49. The molecule has 2 heterocycles. The molecule has 1 N–H and O–H groups in total. The Bertz CT molecular complexity index is 943. The maximum absolute atomic E-state index is 12.5. The van der Waals surface area contributed by atoms with Crippen molar-refractivity contribution in [3.05, 3.63) is 45.5 Å². The molecule has 0 atom stereocenters. The molecule has 0 radical (unpaired) electrons. The third kappa shape index (κ3) is 3.68. The third-order valence-corrected chi connectivity index (χ3v) is 5.42. The van der Waals surface area contributed by atoms with Crippen LogP contribution in [0.1, 0.15) is 17.5 Å². The average Bonchev–Trinajstić information content (AvgIpc) is 2.81. The summed E-state index contributed by atoms with van der Waals surface area (Å²) in [6.07, 6.45) is 1.49. The first-order valence-corrected chi connectivity index (χ1v) is 9.00. The van der Waals surface area contributed by atoms with Crippen molar-refractivity contribution in [2.24, 2.45) is 0 Å². The molecule has 2 aromatic rings. The lowest BCUT2D eigenvalue weighted by Crippen LogP contribution is -2.30. The lowest BCUT2D eigenvalue weighted by Gasteiger charge is -2.12. The van der Waals surface area contributed by atoms with Gasteiger partial charge in [-0.05, 0) is 24.6 Å². The number of aryl methyl sites for hydroxylation is 1. The van der Waals surface area contributed by atoms with Gasteiger partial charge in [-0.3, -0.25) is 14.5 Å². The van der Waals surface area contributed by atoms with Crippen LogP contribution in [-0.4, -0.2) is 37.7 Å². The number of pyridine rings is 1. The van der Waals surface area contributed by atoms with Crippen LogP contribution >= 0.6 is 35.6 Å². The number of carbonyl (C=O) groups is 2. The largest absolute Gasteiger partial charge is 0.481 e. The van der Waals surface area contributed by atoms with E-state index in [2.05, 4.69) is 4.98 Å². The zero-order valence-electron chi connectivity index (χ0n) is 13.2. The Hall–Kier alpha value is -1.96. The van der Waals surface area contributed by atoms with Crippen molar-refractivity contribution in [1.29, 1.82) is 0 Å². The van der Waals surface area contributed by atoms with Gasteiger partial charge in [0, 0.05) is 17.5 Å². The van der Waals surface area contributed by atoms with Crippen LogP contribution in [0.4, 0.5) is 0 Å². The van der Waals surface area contributed by atoms with Crippen LogP contribution in [-0.2, 0) is 9.59 Å². The number of aliphatic carboxylic acids is 1. The number of benzene rings is 1. The number of carboxylic acid groups (broad SMARTS) is 1. The molecule has 1 fully saturated rings. The predicted molar refractivity (Wildman–Crippen MR) is 104 cm³/mol. The summed E-state index contributed by atoms with van der Waals surface area (Å²) >= 11 is 12.6. The molecule has 128 valence electrons. The Morgan fingerprint density at radius 2 is 2.24 bits per heavy atom. The van der Waals surface area contributed by atoms with Gasteiger partial charge in [-0.2, -0.15) is 0 Å². The molecule has 0 aliphatic carbocycles. The van der Waals surface area contributed by atoms with E-state index in [0.717, 1.165) is 28.2 Å². The van der Waals surface area contributed by atoms with Gasteiger partial charge in [-0.15, -0.1) is 0 Å². The molecule has 1 saturated heterocycles. The van der Waals surface area contributed by atoms with Crippen LogP contribution < -0.4 is 0 Å². The van der Waals surface area contributed by atoms with Crippen LogP contribution in [0.15, 0.2) is 29.2 Å². The number of rotatable bonds is 4. The molecule has 0 unspecified atom stereocenters. The second kappa shape index (κ2) is 7.11. The molecule has 0 spiro atoms. The van der Waals surface area contributed by atoms with Crippen molar-refractivity contribution in [2.75, 3.05) is 6.54 Å². The number of hydrogen-bond donors (Lipinski definition) is 1. The monoisotopic (exact) mass is 392 g/mol. The molecule has 8 heteroatoms. The zero-order valence-corrected chi connectivity index (χ0v) is 15.5. The van der Waals surface area contributed by atoms with Crippen molar-refractivity contribution in [3.8, 4) is 0 Å². The van der Waals surface area contributed by atoms with Crippen LogP contribution in [0.5, 0.6) is 0 Å². The highest BCUT2D eigenvalue weighted by molar-refractivity contribution is 8.26. The lowest BCUT2D eigenvalue weighted by molar-refractivity contribution is -0.137. The normalized spacial score (nSPS) is 16.2. The van der Waals surface area contributed by atoms with Gasteiger partial charge in [0.15, 0.2) is 0 Å². The molecular formula is C17H13ClN2O3S2. The molecule has 1 aromatic heterocycles. The number of thiocarbonyl (C=S) groups is 1. The van der Waals surface area contributed by atoms with E-state index in [4.69, 9.17) is 28.9 Å². The van der Waals surface area contributed by atoms with E-state index in [1.165, 1.54) is 4.90 Å². The van der Waals surface area contributed by atoms with Gasteiger partial charge in [0.1, 0.15) is 9.47 Å². The van der Waals surface area contributed by atoms with Crippen molar-refractivity contribution in [1.82, 2.24) is 9.88 Å². The molecule has 0 bridgehead atoms. The summed E-state index contributed by atoms with van der Waals surface area (Å²) in [5, 5.41) is 10.0. The highest BCUT2D eigenvalue weighted by Crippen LogP contribution is 2.34. The van der Waals surface area contributed by atoms with Crippen molar-refractivity contribution < 1.29 is 14.7 Å². The minimum atomic E-state index is -0.977. The minimum Gasteiger partial charge on any atom is -0.481 e. The Balaban J connectivity index is 1.94. The summed E-state index contributed by atoms with van der Waals surface area (Å²) in [5.41, 5.74) is 2.46. The molecular weight excluding hydrogens is 380 g/mol. The first-order valence-electron chi connectivity index (χ1n) is 7.40. The fraction of sp³-hybridized carbons (Fsp3) is 0.176. The lowest BCUT2D eigenvalue weighted by atomic mass is 10.1. The first-order chi connectivity index (χ1) is 11.9. The molecule has 25 heavy (non-hydrogen) atoms. The Morgan fingerprint density at radius 3 is 2.96 bits per heavy atom. The quantitative estimate of drug-likeness (QED) is 0.484. The van der Waals surface area contributed by atoms with E-state index in [-0.39, 0.29) is 18.9 Å². The topological polar surface area (TPSA) is 70.5 Å². The van der Waals surface area contributed by atoms with Crippen LogP contribution in [0.3, 0.4) is 0 Å². The Morgan fingerprint density at radius 1 is 1.48 bits per heavy atom. The molecule has 1 aliphatic heterocycles. The Labute approximate surface area is 158 Å². The van der Waals surface area contributed by atoms with Crippen LogP contribution in [0.25, 0.3) is 17.0 Å². The SMILES string of the molecule is Cc1cccc2cc(/C=C3\SC(=S)N(CCC(=O)O)C3=O)c(Cl)nc12. The number of fused-ring (bicyclic) bond motifs is 1. The highest BCUT2D eigenvalue weighted by Gasteiger charge is 2.32. The molecule has 0 saturated carbocycles. The number of thioether (sulfide) groups is 1. The van der Waals surface area contributed by atoms with Crippen molar-refractivity contribution in [2.45, 2.75) is 13.3 Å². The third-order valence-electron chi connectivity index (χ3n) is 3.74. The average molecular weight is 393 g/mol. The van der Waals surface area contributed by atoms with Gasteiger partial charge in [0.2, 0.25) is 0 Å². The van der Waals surface area contributed by atoms with E-state index in [1.807, 2.05) is 31.2 Å². The summed E-state index contributed by atoms with van der Waals surface area (Å²) in [6, 6.07) is 7.70. The van der Waals surface area contributed by atoms with Gasteiger partial charge in [-0.25, -0.2) is 4.98 Å².